The summed E-state index contributed by atoms with van der Waals surface area (Å²) < 4.78 is 26.0. The number of hydrogen-bond donors (Lipinski definition) is 3. The maximum Gasteiger partial charge on any atom is 0.247 e. The lowest BCUT2D eigenvalue weighted by atomic mass is 10.1. The van der Waals surface area contributed by atoms with E-state index < -0.39 is 10.0 Å². The Bertz CT molecular complexity index is 543. The van der Waals surface area contributed by atoms with Gasteiger partial charge in [-0.1, -0.05) is 6.92 Å². The molecule has 1 aromatic heterocycles. The van der Waals surface area contributed by atoms with Gasteiger partial charge in [0.2, 0.25) is 10.0 Å². The maximum atomic E-state index is 11.4. The average molecular weight is 323 g/mol. The second-order valence-electron chi connectivity index (χ2n) is 4.17. The van der Waals surface area contributed by atoms with Crippen LogP contribution in [0.3, 0.4) is 0 Å². The molecule has 0 unspecified atom stereocenters. The second-order valence-corrected chi connectivity index (χ2v) is 8.37. The predicted octanol–water partition coefficient (Wildman–Crippen LogP) is 0.361. The molecule has 1 aliphatic heterocycles. The molecule has 0 aromatic carbocycles. The molecular weight excluding hydrogens is 306 g/mol. The van der Waals surface area contributed by atoms with Crippen LogP contribution in [0.1, 0.15) is 18.5 Å². The summed E-state index contributed by atoms with van der Waals surface area (Å²) in [5.74, 6) is 0. The molecule has 2 heterocycles. The first-order chi connectivity index (χ1) is 8.95. The summed E-state index contributed by atoms with van der Waals surface area (Å²) >= 11 is 2.67. The molecule has 0 spiro atoms. The molecule has 0 radical (unpaired) electrons. The predicted molar refractivity (Wildman–Crippen MR) is 76.6 cm³/mol. The lowest BCUT2D eigenvalue weighted by Gasteiger charge is -2.31. The van der Waals surface area contributed by atoms with Crippen molar-refractivity contribution in [3.63, 3.8) is 0 Å². The zero-order chi connectivity index (χ0) is 14.0. The third-order valence-corrected chi connectivity index (χ3v) is 6.59. The minimum atomic E-state index is -3.66. The summed E-state index contributed by atoms with van der Waals surface area (Å²) in [6, 6.07) is 1.73. The molecule has 0 amide bonds. The second kappa shape index (κ2) is 6.08. The smallest absolute Gasteiger partial charge is 0.247 e. The molecule has 108 valence electrons. The molecule has 0 saturated heterocycles. The molecule has 4 N–H and O–H groups in total. The number of fused-ring (bicyclic) bond motifs is 1. The average Bonchev–Trinajstić information content (AvgIpc) is 2.73. The van der Waals surface area contributed by atoms with Crippen LogP contribution in [0.5, 0.6) is 0 Å². The van der Waals surface area contributed by atoms with Crippen molar-refractivity contribution in [3.8, 4) is 0 Å². The number of hydrogen-bond acceptors (Lipinski definition) is 7. The van der Waals surface area contributed by atoms with Crippen molar-refractivity contribution in [3.05, 3.63) is 11.6 Å². The number of thiophene rings is 1. The Morgan fingerprint density at radius 3 is 2.95 bits per heavy atom. The van der Waals surface area contributed by atoms with E-state index >= 15 is 0 Å². The first-order valence-electron chi connectivity index (χ1n) is 5.89. The quantitative estimate of drug-likeness (QED) is 0.677. The molecule has 0 aliphatic carbocycles. The Labute approximate surface area is 121 Å². The highest BCUT2D eigenvalue weighted by molar-refractivity contribution is 7.99. The van der Waals surface area contributed by atoms with E-state index in [4.69, 9.17) is 10.2 Å². The summed E-state index contributed by atoms with van der Waals surface area (Å²) in [4.78, 5) is 0. The number of rotatable bonds is 5. The zero-order valence-corrected chi connectivity index (χ0v) is 12.9. The highest BCUT2D eigenvalue weighted by atomic mass is 32.3. The number of primary sulfonamides is 1. The van der Waals surface area contributed by atoms with Gasteiger partial charge < -0.3 is 10.4 Å². The number of likely N-dealkylation sites (N-methyl/N-ethyl adjacent to an activating group) is 1. The third kappa shape index (κ3) is 3.48. The van der Waals surface area contributed by atoms with Crippen LogP contribution in [0.25, 0.3) is 0 Å². The van der Waals surface area contributed by atoms with E-state index in [-0.39, 0.29) is 16.9 Å². The molecule has 1 aliphatic rings. The van der Waals surface area contributed by atoms with Gasteiger partial charge in [0.25, 0.3) is 0 Å². The number of sulfonamides is 1. The van der Waals surface area contributed by atoms with Gasteiger partial charge in [0, 0.05) is 19.1 Å². The molecule has 1 aromatic rings. The molecule has 19 heavy (non-hydrogen) atoms. The van der Waals surface area contributed by atoms with Gasteiger partial charge in [-0.05, 0) is 30.1 Å². The van der Waals surface area contributed by atoms with Crippen molar-refractivity contribution < 1.29 is 13.5 Å². The fourth-order valence-corrected chi connectivity index (χ4v) is 5.47. The van der Waals surface area contributed by atoms with Gasteiger partial charge in [-0.3, -0.25) is 0 Å². The first-order valence-corrected chi connectivity index (χ1v) is 9.03. The number of aliphatic hydroxyl groups is 1. The lowest BCUT2D eigenvalue weighted by Crippen LogP contribution is -2.35. The van der Waals surface area contributed by atoms with Crippen LogP contribution in [0.4, 0.5) is 0 Å². The topological polar surface area (TPSA) is 95.7 Å². The summed E-state index contributed by atoms with van der Waals surface area (Å²) in [5, 5.41) is 17.5. The van der Waals surface area contributed by atoms with Crippen LogP contribution >= 0.6 is 23.3 Å². The van der Waals surface area contributed by atoms with Crippen molar-refractivity contribution in [1.82, 2.24) is 9.62 Å². The Kier molecular flexibility index (Phi) is 4.88. The van der Waals surface area contributed by atoms with Crippen molar-refractivity contribution >= 4 is 33.3 Å². The normalized spacial score (nSPS) is 20.5. The van der Waals surface area contributed by atoms with Gasteiger partial charge in [-0.15, -0.1) is 11.3 Å². The molecule has 6 nitrogen and oxygen atoms in total. The highest BCUT2D eigenvalue weighted by Gasteiger charge is 2.29. The van der Waals surface area contributed by atoms with Crippen LogP contribution in [0.2, 0.25) is 0 Å². The first kappa shape index (κ1) is 15.2. The van der Waals surface area contributed by atoms with Crippen LogP contribution in [0.15, 0.2) is 14.5 Å². The summed E-state index contributed by atoms with van der Waals surface area (Å²) in [7, 11) is -3.66. The molecular formula is C10H17N3O3S3. The minimum absolute atomic E-state index is 0.0690. The van der Waals surface area contributed by atoms with E-state index in [1.54, 1.807) is 6.07 Å². The lowest BCUT2D eigenvalue weighted by molar-refractivity contribution is 0.251. The van der Waals surface area contributed by atoms with E-state index in [1.807, 2.05) is 11.2 Å². The van der Waals surface area contributed by atoms with Gasteiger partial charge in [0.05, 0.1) is 10.8 Å². The molecule has 0 bridgehead atoms. The van der Waals surface area contributed by atoms with E-state index in [9.17, 15) is 8.42 Å². The Balaban J connectivity index is 2.33. The highest BCUT2D eigenvalue weighted by Crippen LogP contribution is 2.43. The number of β-amino-alcohol motifs (C(OH)–C–C–N with tert-alkyl or cyclic N) is 1. The standard InChI is InChI=1S/C10H17N3O3S3/c1-2-12-8-6-13(3-4-14)18-10-7(8)5-9(17-10)19(11,15)16/h5,8,12,14H,2-4,6H2,1H3,(H2,11,15,16)/t8-/m0/s1. The van der Waals surface area contributed by atoms with E-state index in [1.165, 1.54) is 23.3 Å². The van der Waals surface area contributed by atoms with Gasteiger partial charge >= 0.3 is 0 Å². The largest absolute Gasteiger partial charge is 0.395 e. The zero-order valence-electron chi connectivity index (χ0n) is 10.5. The number of aliphatic hydroxyl groups excluding tert-OH is 1. The summed E-state index contributed by atoms with van der Waals surface area (Å²) in [6.07, 6.45) is 0. The number of nitrogens with zero attached hydrogens (tertiary/aromatic N) is 1. The monoisotopic (exact) mass is 323 g/mol. The van der Waals surface area contributed by atoms with Crippen molar-refractivity contribution in [2.45, 2.75) is 21.4 Å². The minimum Gasteiger partial charge on any atom is -0.395 e. The third-order valence-electron chi connectivity index (χ3n) is 2.76. The van der Waals surface area contributed by atoms with Gasteiger partial charge in [0.1, 0.15) is 4.21 Å². The van der Waals surface area contributed by atoms with Gasteiger partial charge in [-0.25, -0.2) is 17.9 Å². The Hall–Kier alpha value is -0.160. The molecule has 1 atom stereocenters. The SMILES string of the molecule is CCN[C@H]1CN(CCO)Sc2sc(S(N)(=O)=O)cc21. The molecule has 0 saturated carbocycles. The Morgan fingerprint density at radius 2 is 2.37 bits per heavy atom. The van der Waals surface area contributed by atoms with Crippen LogP contribution in [0, 0.1) is 0 Å². The van der Waals surface area contributed by atoms with E-state index in [0.29, 0.717) is 6.54 Å². The molecule has 2 rings (SSSR count). The van der Waals surface area contributed by atoms with Crippen LogP contribution in [-0.4, -0.2) is 44.1 Å². The van der Waals surface area contributed by atoms with Gasteiger partial charge in [-0.2, -0.15) is 0 Å². The van der Waals surface area contributed by atoms with Crippen molar-refractivity contribution in [2.24, 2.45) is 5.14 Å². The van der Waals surface area contributed by atoms with Crippen molar-refractivity contribution in [1.29, 1.82) is 0 Å². The fourth-order valence-electron chi connectivity index (χ4n) is 1.95. The fraction of sp³-hybridized carbons (Fsp3) is 0.600. The van der Waals surface area contributed by atoms with Crippen molar-refractivity contribution in [2.75, 3.05) is 26.2 Å². The molecule has 9 heteroatoms. The van der Waals surface area contributed by atoms with Gasteiger partial charge in [0.15, 0.2) is 0 Å². The van der Waals surface area contributed by atoms with E-state index in [2.05, 4.69) is 5.32 Å². The summed E-state index contributed by atoms with van der Waals surface area (Å²) in [6.45, 7) is 4.16. The number of nitrogens with two attached hydrogens (primary N) is 1. The van der Waals surface area contributed by atoms with E-state index in [0.717, 1.165) is 22.9 Å². The van der Waals surface area contributed by atoms with Crippen LogP contribution in [-0.2, 0) is 10.0 Å². The molecule has 0 fully saturated rings. The number of nitrogens with one attached hydrogen (secondary N) is 1. The maximum absolute atomic E-state index is 11.4. The Morgan fingerprint density at radius 1 is 1.63 bits per heavy atom. The summed E-state index contributed by atoms with van der Waals surface area (Å²) in [5.41, 5.74) is 0.982. The van der Waals surface area contributed by atoms with Crippen LogP contribution < -0.4 is 10.5 Å².